The van der Waals surface area contributed by atoms with E-state index < -0.39 is 28.7 Å². The van der Waals surface area contributed by atoms with E-state index in [-0.39, 0.29) is 50.9 Å². The molecule has 2 amide bonds. The molecule has 3 aliphatic rings. The molecule has 1 unspecified atom stereocenters. The van der Waals surface area contributed by atoms with Crippen molar-refractivity contribution < 1.29 is 34.1 Å². The summed E-state index contributed by atoms with van der Waals surface area (Å²) in [5, 5.41) is 27.7. The van der Waals surface area contributed by atoms with Gasteiger partial charge in [-0.05, 0) is 48.4 Å². The number of amides is 2. The Balaban J connectivity index is 1.39. The molecule has 226 valence electrons. The van der Waals surface area contributed by atoms with Crippen LogP contribution >= 0.6 is 0 Å². The van der Waals surface area contributed by atoms with Crippen molar-refractivity contribution in [3.05, 3.63) is 106 Å². The van der Waals surface area contributed by atoms with Crippen LogP contribution in [-0.4, -0.2) is 45.6 Å². The minimum atomic E-state index is -2.02. The molecule has 1 saturated heterocycles. The summed E-state index contributed by atoms with van der Waals surface area (Å²) < 4.78 is 11.7. The molecule has 7 rings (SSSR count). The molecule has 45 heavy (non-hydrogen) atoms. The number of ketones is 1. The van der Waals surface area contributed by atoms with Gasteiger partial charge in [0.15, 0.2) is 0 Å². The SMILES string of the molecule is C=CC(C)(C)c1[nH]c2ccccc2c1/C=C1\NC(=O)C2(C=C3c4cc(O)cc(OC)c4C(=O)c4c(O)cc(C)c(c43)O2)NC1=O. The molecule has 10 heteroatoms. The number of H-pyrrole nitrogens is 1. The lowest BCUT2D eigenvalue weighted by atomic mass is 9.76. The van der Waals surface area contributed by atoms with Crippen molar-refractivity contribution in [2.45, 2.75) is 31.9 Å². The van der Waals surface area contributed by atoms with Gasteiger partial charge in [0.2, 0.25) is 5.78 Å². The van der Waals surface area contributed by atoms with Gasteiger partial charge >= 0.3 is 0 Å². The summed E-state index contributed by atoms with van der Waals surface area (Å²) in [6.45, 7) is 9.62. The number of para-hydroxylation sites is 1. The van der Waals surface area contributed by atoms with E-state index in [0.29, 0.717) is 11.1 Å². The normalized spacial score (nSPS) is 19.4. The smallest absolute Gasteiger partial charge is 0.294 e. The van der Waals surface area contributed by atoms with E-state index in [1.807, 2.05) is 44.2 Å². The van der Waals surface area contributed by atoms with Gasteiger partial charge in [0.25, 0.3) is 17.5 Å². The highest BCUT2D eigenvalue weighted by molar-refractivity contribution is 6.23. The number of aromatic hydroxyl groups is 2. The van der Waals surface area contributed by atoms with Crippen LogP contribution in [0, 0.1) is 6.92 Å². The number of methoxy groups -OCH3 is 1. The number of aryl methyl sites for hydroxylation is 1. The molecule has 3 heterocycles. The fraction of sp³-hybridized carbons (Fsp3) is 0.171. The molecule has 5 N–H and O–H groups in total. The molecule has 1 aromatic heterocycles. The van der Waals surface area contributed by atoms with Gasteiger partial charge in [-0.2, -0.15) is 0 Å². The third-order valence-electron chi connectivity index (χ3n) is 8.69. The second-order valence-corrected chi connectivity index (χ2v) is 11.9. The van der Waals surface area contributed by atoms with E-state index >= 15 is 0 Å². The molecular formula is C35H29N3O7. The Kier molecular flexibility index (Phi) is 5.83. The predicted octanol–water partition coefficient (Wildman–Crippen LogP) is 4.71. The standard InChI is InChI=1S/C35H29N3O7/c1-6-34(3,4)31-20(18-9-7-8-10-22(18)36-31)14-23-32(42)38-35(33(43)37-23)15-21-19-12-17(39)13-25(44-5)26(19)29(41)28-24(40)11-16(2)30(45-35)27(21)28/h6-15,36,39-40H,1H2,2-5H3,(H,37,43)(H,38,42)/b23-14-. The monoisotopic (exact) mass is 603 g/mol. The van der Waals surface area contributed by atoms with Crippen molar-refractivity contribution in [2.75, 3.05) is 7.11 Å². The summed E-state index contributed by atoms with van der Waals surface area (Å²) in [7, 11) is 1.36. The number of benzene rings is 3. The number of rotatable bonds is 4. The number of allylic oxidation sites excluding steroid dienone is 1. The Morgan fingerprint density at radius 1 is 1.04 bits per heavy atom. The van der Waals surface area contributed by atoms with Gasteiger partial charge in [-0.1, -0.05) is 38.1 Å². The number of hydrogen-bond acceptors (Lipinski definition) is 7. The number of aromatic nitrogens is 1. The second kappa shape index (κ2) is 9.36. The molecule has 1 spiro atoms. The number of nitrogens with one attached hydrogen (secondary N) is 3. The van der Waals surface area contributed by atoms with Crippen LogP contribution in [0.2, 0.25) is 0 Å². The van der Waals surface area contributed by atoms with Crippen LogP contribution in [-0.2, 0) is 15.0 Å². The summed E-state index contributed by atoms with van der Waals surface area (Å²) in [5.74, 6) is -2.07. The summed E-state index contributed by atoms with van der Waals surface area (Å²) in [5.41, 5.74) is 1.22. The van der Waals surface area contributed by atoms with Crippen molar-refractivity contribution in [1.29, 1.82) is 0 Å². The van der Waals surface area contributed by atoms with Crippen molar-refractivity contribution in [3.8, 4) is 23.0 Å². The summed E-state index contributed by atoms with van der Waals surface area (Å²) in [4.78, 5) is 44.9. The zero-order valence-electron chi connectivity index (χ0n) is 24.9. The van der Waals surface area contributed by atoms with Gasteiger partial charge in [0.05, 0.1) is 18.2 Å². The predicted molar refractivity (Wildman–Crippen MR) is 167 cm³/mol. The van der Waals surface area contributed by atoms with Crippen LogP contribution in [0.15, 0.2) is 66.9 Å². The minimum absolute atomic E-state index is 0.00550. The quantitative estimate of drug-likeness (QED) is 0.148. The molecule has 2 aliphatic heterocycles. The van der Waals surface area contributed by atoms with Crippen LogP contribution in [0.1, 0.15) is 57.7 Å². The number of fused-ring (bicyclic) bond motifs is 3. The number of ether oxygens (including phenoxy) is 2. The first-order valence-electron chi connectivity index (χ1n) is 14.2. The molecular weight excluding hydrogens is 574 g/mol. The van der Waals surface area contributed by atoms with Crippen LogP contribution in [0.25, 0.3) is 22.6 Å². The first-order chi connectivity index (χ1) is 21.4. The fourth-order valence-electron chi connectivity index (χ4n) is 6.32. The number of aromatic amines is 1. The third kappa shape index (κ3) is 3.91. The molecule has 1 aliphatic carbocycles. The number of hydrogen-bond donors (Lipinski definition) is 5. The lowest BCUT2D eigenvalue weighted by molar-refractivity contribution is -0.144. The Morgan fingerprint density at radius 3 is 2.53 bits per heavy atom. The summed E-state index contributed by atoms with van der Waals surface area (Å²) in [6, 6.07) is 11.7. The third-order valence-corrected chi connectivity index (χ3v) is 8.69. The first-order valence-corrected chi connectivity index (χ1v) is 14.2. The van der Waals surface area contributed by atoms with Crippen molar-refractivity contribution in [1.82, 2.24) is 15.6 Å². The van der Waals surface area contributed by atoms with Crippen LogP contribution in [0.5, 0.6) is 23.0 Å². The number of phenolic OH excluding ortho intramolecular Hbond substituents is 2. The highest BCUT2D eigenvalue weighted by atomic mass is 16.5. The van der Waals surface area contributed by atoms with Gasteiger partial charge in [-0.15, -0.1) is 6.58 Å². The van der Waals surface area contributed by atoms with Crippen molar-refractivity contribution >= 4 is 40.1 Å². The number of phenols is 2. The van der Waals surface area contributed by atoms with Gasteiger partial charge < -0.3 is 35.3 Å². The summed E-state index contributed by atoms with van der Waals surface area (Å²) in [6.07, 6.45) is 4.83. The maximum Gasteiger partial charge on any atom is 0.294 e. The zero-order chi connectivity index (χ0) is 32.0. The number of carbonyl (C=O) groups excluding carboxylic acids is 3. The lowest BCUT2D eigenvalue weighted by Gasteiger charge is -2.41. The highest BCUT2D eigenvalue weighted by Crippen LogP contribution is 2.52. The van der Waals surface area contributed by atoms with Crippen LogP contribution < -0.4 is 20.1 Å². The van der Waals surface area contributed by atoms with Crippen LogP contribution in [0.4, 0.5) is 0 Å². The average molecular weight is 604 g/mol. The highest BCUT2D eigenvalue weighted by Gasteiger charge is 2.51. The van der Waals surface area contributed by atoms with Crippen molar-refractivity contribution in [3.63, 3.8) is 0 Å². The maximum absolute atomic E-state index is 14.0. The molecule has 0 radical (unpaired) electrons. The Bertz CT molecular complexity index is 2120. The maximum atomic E-state index is 14.0. The average Bonchev–Trinajstić information content (AvgIpc) is 3.38. The van der Waals surface area contributed by atoms with Crippen molar-refractivity contribution in [2.24, 2.45) is 0 Å². The fourth-order valence-corrected chi connectivity index (χ4v) is 6.32. The topological polar surface area (TPSA) is 150 Å². The van der Waals surface area contributed by atoms with E-state index in [4.69, 9.17) is 9.47 Å². The van der Waals surface area contributed by atoms with E-state index in [9.17, 15) is 24.6 Å². The Labute approximate surface area is 257 Å². The Hall–Kier alpha value is -5.77. The van der Waals surface area contributed by atoms with E-state index in [1.165, 1.54) is 31.4 Å². The van der Waals surface area contributed by atoms with Gasteiger partial charge in [-0.3, -0.25) is 14.4 Å². The molecule has 3 aromatic carbocycles. The number of piperazine rings is 1. The van der Waals surface area contributed by atoms with E-state index in [2.05, 4.69) is 22.2 Å². The Morgan fingerprint density at radius 2 is 1.80 bits per heavy atom. The molecule has 0 saturated carbocycles. The largest absolute Gasteiger partial charge is 0.508 e. The zero-order valence-corrected chi connectivity index (χ0v) is 24.9. The first kappa shape index (κ1) is 28.0. The van der Waals surface area contributed by atoms with Crippen LogP contribution in [0.3, 0.4) is 0 Å². The molecule has 1 fully saturated rings. The molecule has 0 bridgehead atoms. The molecule has 10 nitrogen and oxygen atoms in total. The molecule has 4 aromatic rings. The van der Waals surface area contributed by atoms with Gasteiger partial charge in [0.1, 0.15) is 28.7 Å². The number of carbonyl (C=O) groups is 3. The summed E-state index contributed by atoms with van der Waals surface area (Å²) >= 11 is 0. The minimum Gasteiger partial charge on any atom is -0.508 e. The van der Waals surface area contributed by atoms with E-state index in [1.54, 1.807) is 13.0 Å². The van der Waals surface area contributed by atoms with Gasteiger partial charge in [-0.25, -0.2) is 0 Å². The van der Waals surface area contributed by atoms with Gasteiger partial charge in [0, 0.05) is 44.8 Å². The molecule has 1 atom stereocenters. The van der Waals surface area contributed by atoms with E-state index in [0.717, 1.165) is 22.2 Å². The lowest BCUT2D eigenvalue weighted by Crippen LogP contribution is -2.67. The second-order valence-electron chi connectivity index (χ2n) is 11.9.